The standard InChI is InChI=1S/C19H12BrCl3N2O/c20-13-4-8-17(24-10-13)18(11-1-5-14(21)6-2-11)25-19(26)12-3-7-15(22)16(23)9-12/h1-10,18H,(H,25,26). The van der Waals surface area contributed by atoms with Gasteiger partial charge in [0.15, 0.2) is 0 Å². The van der Waals surface area contributed by atoms with Crippen molar-refractivity contribution in [3.63, 3.8) is 0 Å². The Kier molecular flexibility index (Phi) is 6.20. The average Bonchev–Trinajstić information content (AvgIpc) is 2.63. The first-order valence-corrected chi connectivity index (χ1v) is 9.49. The predicted molar refractivity (Wildman–Crippen MR) is 109 cm³/mol. The van der Waals surface area contributed by atoms with Crippen molar-refractivity contribution in [2.45, 2.75) is 6.04 Å². The lowest BCUT2D eigenvalue weighted by atomic mass is 10.0. The molecule has 1 unspecified atom stereocenters. The van der Waals surface area contributed by atoms with Crippen molar-refractivity contribution in [1.82, 2.24) is 10.3 Å². The number of amides is 1. The number of carbonyl (C=O) groups excluding carboxylic acids is 1. The van der Waals surface area contributed by atoms with E-state index >= 15 is 0 Å². The maximum Gasteiger partial charge on any atom is 0.252 e. The molecular formula is C19H12BrCl3N2O. The molecule has 1 atom stereocenters. The Bertz CT molecular complexity index is 885. The van der Waals surface area contributed by atoms with Gasteiger partial charge in [0.1, 0.15) is 0 Å². The van der Waals surface area contributed by atoms with Crippen molar-refractivity contribution >= 4 is 56.6 Å². The van der Waals surface area contributed by atoms with Gasteiger partial charge >= 0.3 is 0 Å². The summed E-state index contributed by atoms with van der Waals surface area (Å²) in [6.07, 6.45) is 1.68. The van der Waals surface area contributed by atoms with Crippen LogP contribution >= 0.6 is 50.7 Å². The second kappa shape index (κ2) is 8.40. The number of benzene rings is 2. The zero-order chi connectivity index (χ0) is 18.7. The lowest BCUT2D eigenvalue weighted by molar-refractivity contribution is 0.0942. The highest BCUT2D eigenvalue weighted by Gasteiger charge is 2.19. The number of nitrogens with zero attached hydrogens (tertiary/aromatic N) is 1. The Balaban J connectivity index is 1.94. The minimum Gasteiger partial charge on any atom is -0.340 e. The molecule has 0 saturated carbocycles. The molecule has 0 aliphatic rings. The highest BCUT2D eigenvalue weighted by atomic mass is 79.9. The summed E-state index contributed by atoms with van der Waals surface area (Å²) in [5.74, 6) is -0.284. The van der Waals surface area contributed by atoms with Crippen molar-refractivity contribution in [1.29, 1.82) is 0 Å². The van der Waals surface area contributed by atoms with Crippen LogP contribution in [-0.4, -0.2) is 10.9 Å². The van der Waals surface area contributed by atoms with E-state index in [1.807, 2.05) is 24.3 Å². The van der Waals surface area contributed by atoms with Gasteiger partial charge in [-0.1, -0.05) is 46.9 Å². The van der Waals surface area contributed by atoms with Crippen molar-refractivity contribution in [3.8, 4) is 0 Å². The molecule has 0 aliphatic carbocycles. The van der Waals surface area contributed by atoms with Crippen LogP contribution in [0, 0.1) is 0 Å². The fourth-order valence-corrected chi connectivity index (χ4v) is 3.05. The van der Waals surface area contributed by atoms with E-state index in [1.165, 1.54) is 6.07 Å². The van der Waals surface area contributed by atoms with E-state index in [4.69, 9.17) is 34.8 Å². The van der Waals surface area contributed by atoms with Crippen LogP contribution in [0.4, 0.5) is 0 Å². The summed E-state index contributed by atoms with van der Waals surface area (Å²) in [6, 6.07) is 15.3. The minimum atomic E-state index is -0.442. The minimum absolute atomic E-state index is 0.284. The van der Waals surface area contributed by atoms with Gasteiger partial charge in [0, 0.05) is 21.3 Å². The number of carbonyl (C=O) groups is 1. The molecule has 26 heavy (non-hydrogen) atoms. The summed E-state index contributed by atoms with van der Waals surface area (Å²) in [7, 11) is 0. The smallest absolute Gasteiger partial charge is 0.252 e. The lowest BCUT2D eigenvalue weighted by Gasteiger charge is -2.19. The van der Waals surface area contributed by atoms with E-state index in [1.54, 1.807) is 30.5 Å². The van der Waals surface area contributed by atoms with Crippen molar-refractivity contribution < 1.29 is 4.79 Å². The van der Waals surface area contributed by atoms with Gasteiger partial charge < -0.3 is 5.32 Å². The summed E-state index contributed by atoms with van der Waals surface area (Å²) >= 11 is 21.3. The Morgan fingerprint density at radius 1 is 0.962 bits per heavy atom. The topological polar surface area (TPSA) is 42.0 Å². The Labute approximate surface area is 174 Å². The Hall–Kier alpha value is -1.59. The maximum atomic E-state index is 12.7. The van der Waals surface area contributed by atoms with Gasteiger partial charge in [0.05, 0.1) is 21.8 Å². The van der Waals surface area contributed by atoms with Crippen LogP contribution < -0.4 is 5.32 Å². The molecule has 3 rings (SSSR count). The summed E-state index contributed by atoms with van der Waals surface area (Å²) in [4.78, 5) is 17.1. The second-order valence-electron chi connectivity index (χ2n) is 5.49. The fourth-order valence-electron chi connectivity index (χ4n) is 2.39. The molecule has 3 nitrogen and oxygen atoms in total. The molecule has 2 aromatic carbocycles. The zero-order valence-electron chi connectivity index (χ0n) is 13.2. The number of halogens is 4. The van der Waals surface area contributed by atoms with Gasteiger partial charge in [-0.15, -0.1) is 0 Å². The molecule has 132 valence electrons. The van der Waals surface area contributed by atoms with E-state index in [0.29, 0.717) is 26.3 Å². The highest BCUT2D eigenvalue weighted by Crippen LogP contribution is 2.26. The molecule has 7 heteroatoms. The number of rotatable bonds is 4. The van der Waals surface area contributed by atoms with Gasteiger partial charge in [-0.3, -0.25) is 9.78 Å². The van der Waals surface area contributed by atoms with Crippen molar-refractivity contribution in [3.05, 3.63) is 97.2 Å². The van der Waals surface area contributed by atoms with E-state index in [2.05, 4.69) is 26.2 Å². The van der Waals surface area contributed by atoms with E-state index < -0.39 is 6.04 Å². The summed E-state index contributed by atoms with van der Waals surface area (Å²) < 4.78 is 0.854. The van der Waals surface area contributed by atoms with Gasteiger partial charge in [0.25, 0.3) is 5.91 Å². The molecule has 0 saturated heterocycles. The largest absolute Gasteiger partial charge is 0.340 e. The molecule has 1 amide bonds. The van der Waals surface area contributed by atoms with Crippen LogP contribution in [0.25, 0.3) is 0 Å². The summed E-state index contributed by atoms with van der Waals surface area (Å²) in [5.41, 5.74) is 1.97. The van der Waals surface area contributed by atoms with Crippen LogP contribution in [0.15, 0.2) is 65.3 Å². The SMILES string of the molecule is O=C(NC(c1ccc(Cl)cc1)c1ccc(Br)cn1)c1ccc(Cl)c(Cl)c1. The molecule has 3 aromatic rings. The van der Waals surface area contributed by atoms with Gasteiger partial charge in [-0.05, 0) is 64.0 Å². The quantitative estimate of drug-likeness (QED) is 0.485. The maximum absolute atomic E-state index is 12.7. The Morgan fingerprint density at radius 2 is 1.69 bits per heavy atom. The molecule has 1 N–H and O–H groups in total. The number of aromatic nitrogens is 1. The third-order valence-corrected chi connectivity index (χ3v) is 5.17. The molecular weight excluding hydrogens is 458 g/mol. The molecule has 0 spiro atoms. The normalized spacial score (nSPS) is 11.8. The van der Waals surface area contributed by atoms with Gasteiger partial charge in [-0.2, -0.15) is 0 Å². The van der Waals surface area contributed by atoms with Crippen LogP contribution in [0.1, 0.15) is 27.7 Å². The van der Waals surface area contributed by atoms with Crippen LogP contribution in [0.3, 0.4) is 0 Å². The summed E-state index contributed by atoms with van der Waals surface area (Å²) in [5, 5.41) is 4.33. The third kappa shape index (κ3) is 4.57. The lowest BCUT2D eigenvalue weighted by Crippen LogP contribution is -2.30. The molecule has 0 fully saturated rings. The van der Waals surface area contributed by atoms with Crippen LogP contribution in [0.5, 0.6) is 0 Å². The third-order valence-electron chi connectivity index (χ3n) is 3.71. The molecule has 0 radical (unpaired) electrons. The van der Waals surface area contributed by atoms with E-state index in [-0.39, 0.29) is 5.91 Å². The molecule has 1 heterocycles. The average molecular weight is 471 g/mol. The number of hydrogen-bond donors (Lipinski definition) is 1. The predicted octanol–water partition coefficient (Wildman–Crippen LogP) is 6.32. The Morgan fingerprint density at radius 3 is 2.31 bits per heavy atom. The zero-order valence-corrected chi connectivity index (χ0v) is 17.1. The van der Waals surface area contributed by atoms with Gasteiger partial charge in [-0.25, -0.2) is 0 Å². The fraction of sp³-hybridized carbons (Fsp3) is 0.0526. The number of hydrogen-bond acceptors (Lipinski definition) is 2. The highest BCUT2D eigenvalue weighted by molar-refractivity contribution is 9.10. The second-order valence-corrected chi connectivity index (χ2v) is 7.65. The number of pyridine rings is 1. The number of nitrogens with one attached hydrogen (secondary N) is 1. The molecule has 0 bridgehead atoms. The van der Waals surface area contributed by atoms with Crippen molar-refractivity contribution in [2.24, 2.45) is 0 Å². The van der Waals surface area contributed by atoms with Crippen LogP contribution in [0.2, 0.25) is 15.1 Å². The first-order chi connectivity index (χ1) is 12.4. The van der Waals surface area contributed by atoms with Gasteiger partial charge in [0.2, 0.25) is 0 Å². The van der Waals surface area contributed by atoms with Crippen molar-refractivity contribution in [2.75, 3.05) is 0 Å². The summed E-state index contributed by atoms with van der Waals surface area (Å²) in [6.45, 7) is 0. The molecule has 1 aromatic heterocycles. The molecule has 0 aliphatic heterocycles. The first kappa shape index (κ1) is 19.2. The first-order valence-electron chi connectivity index (χ1n) is 7.57. The monoisotopic (exact) mass is 468 g/mol. The van der Waals surface area contributed by atoms with E-state index in [0.717, 1.165) is 10.0 Å². The van der Waals surface area contributed by atoms with E-state index in [9.17, 15) is 4.79 Å². The van der Waals surface area contributed by atoms with Crippen LogP contribution in [-0.2, 0) is 0 Å².